The Morgan fingerprint density at radius 2 is 2.00 bits per heavy atom. The van der Waals surface area contributed by atoms with E-state index in [0.717, 1.165) is 17.7 Å². The van der Waals surface area contributed by atoms with Crippen molar-refractivity contribution in [1.29, 1.82) is 0 Å². The number of nitrogens with one attached hydrogen (secondary N) is 2. The van der Waals surface area contributed by atoms with Crippen molar-refractivity contribution in [1.82, 2.24) is 15.2 Å². The molecule has 1 aliphatic carbocycles. The maximum absolute atomic E-state index is 12.7. The molecule has 0 atom stereocenters. The van der Waals surface area contributed by atoms with Crippen LogP contribution in [0.4, 0.5) is 10.6 Å². The topological polar surface area (TPSA) is 101 Å². The van der Waals surface area contributed by atoms with Gasteiger partial charge in [0, 0.05) is 6.20 Å². The average Bonchev–Trinajstić information content (AvgIpc) is 2.98. The molecule has 0 aromatic carbocycles. The molecule has 2 heterocycles. The summed E-state index contributed by atoms with van der Waals surface area (Å²) in [5.41, 5.74) is -0.920. The van der Waals surface area contributed by atoms with Gasteiger partial charge < -0.3 is 15.4 Å². The van der Waals surface area contributed by atoms with Gasteiger partial charge >= 0.3 is 6.03 Å². The van der Waals surface area contributed by atoms with Crippen molar-refractivity contribution >= 4 is 23.7 Å². The van der Waals surface area contributed by atoms with Crippen molar-refractivity contribution in [2.75, 3.05) is 18.5 Å². The van der Waals surface area contributed by atoms with Crippen molar-refractivity contribution < 1.29 is 19.1 Å². The Labute approximate surface area is 171 Å². The second-order valence-electron chi connectivity index (χ2n) is 7.82. The Balaban J connectivity index is 1.61. The zero-order valence-corrected chi connectivity index (χ0v) is 17.2. The van der Waals surface area contributed by atoms with Crippen LogP contribution < -0.4 is 15.4 Å². The molecule has 2 aliphatic rings. The summed E-state index contributed by atoms with van der Waals surface area (Å²) in [6.07, 6.45) is 8.58. The van der Waals surface area contributed by atoms with Crippen molar-refractivity contribution in [2.24, 2.45) is 5.92 Å². The van der Waals surface area contributed by atoms with Gasteiger partial charge in [-0.05, 0) is 43.7 Å². The van der Waals surface area contributed by atoms with E-state index in [1.807, 2.05) is 13.8 Å². The number of anilines is 1. The Bertz CT molecular complexity index is 757. The molecular weight excluding hydrogens is 372 g/mol. The Morgan fingerprint density at radius 3 is 2.66 bits per heavy atom. The number of imide groups is 1. The number of hydrogen-bond acceptors (Lipinski definition) is 5. The quantitative estimate of drug-likeness (QED) is 0.651. The summed E-state index contributed by atoms with van der Waals surface area (Å²) in [5, 5.41) is 5.40. The summed E-state index contributed by atoms with van der Waals surface area (Å²) >= 11 is 0. The molecule has 158 valence electrons. The molecular formula is C21H30N4O4. The number of pyridine rings is 1. The first kappa shape index (κ1) is 21.1. The first-order valence-corrected chi connectivity index (χ1v) is 10.5. The lowest BCUT2D eigenvalue weighted by Gasteiger charge is -2.23. The van der Waals surface area contributed by atoms with Crippen molar-refractivity contribution in [2.45, 2.75) is 64.3 Å². The van der Waals surface area contributed by atoms with Gasteiger partial charge in [-0.15, -0.1) is 0 Å². The van der Waals surface area contributed by atoms with Crippen molar-refractivity contribution in [3.8, 4) is 5.75 Å². The van der Waals surface area contributed by atoms with E-state index in [9.17, 15) is 14.4 Å². The standard InChI is InChI=1S/C21H30N4O4/c1-3-21(4-2)19(27)25(20(28)24-21)13-17(26)23-18-16(11-8-12-22-18)29-14-15-9-6-5-7-10-15/h8,11-12,15H,3-7,9-10,13-14H2,1-2H3,(H,24,28)(H,22,23,26). The van der Waals surface area contributed by atoms with Crippen LogP contribution in [0.5, 0.6) is 5.75 Å². The Morgan fingerprint density at radius 1 is 1.28 bits per heavy atom. The lowest BCUT2D eigenvalue weighted by molar-refractivity contribution is -0.134. The van der Waals surface area contributed by atoms with Gasteiger partial charge in [0.15, 0.2) is 11.6 Å². The molecule has 3 rings (SSSR count). The van der Waals surface area contributed by atoms with Gasteiger partial charge in [-0.25, -0.2) is 9.78 Å². The van der Waals surface area contributed by atoms with E-state index in [1.54, 1.807) is 18.3 Å². The van der Waals surface area contributed by atoms with Crippen LogP contribution in [0.1, 0.15) is 58.8 Å². The molecule has 1 saturated heterocycles. The van der Waals surface area contributed by atoms with Gasteiger partial charge in [0.1, 0.15) is 12.1 Å². The van der Waals surface area contributed by atoms with Gasteiger partial charge in [-0.3, -0.25) is 14.5 Å². The molecule has 8 heteroatoms. The largest absolute Gasteiger partial charge is 0.489 e. The van der Waals surface area contributed by atoms with E-state index in [-0.39, 0.29) is 12.5 Å². The highest BCUT2D eigenvalue weighted by molar-refractivity contribution is 6.10. The second-order valence-corrected chi connectivity index (χ2v) is 7.82. The number of amides is 4. The van der Waals surface area contributed by atoms with Crippen LogP contribution in [0.2, 0.25) is 0 Å². The summed E-state index contributed by atoms with van der Waals surface area (Å²) in [6.45, 7) is 3.92. The number of carbonyl (C=O) groups excluding carboxylic acids is 3. The van der Waals surface area contributed by atoms with Crippen LogP contribution in [0.3, 0.4) is 0 Å². The fourth-order valence-corrected chi connectivity index (χ4v) is 4.03. The van der Waals surface area contributed by atoms with Crippen LogP contribution in [-0.2, 0) is 9.59 Å². The second kappa shape index (κ2) is 9.24. The predicted molar refractivity (Wildman–Crippen MR) is 108 cm³/mol. The summed E-state index contributed by atoms with van der Waals surface area (Å²) in [5.74, 6) is 0.475. The lowest BCUT2D eigenvalue weighted by Crippen LogP contribution is -2.46. The number of carbonyl (C=O) groups is 3. The minimum Gasteiger partial charge on any atom is -0.489 e. The monoisotopic (exact) mass is 402 g/mol. The van der Waals surface area contributed by atoms with E-state index in [1.165, 1.54) is 19.3 Å². The summed E-state index contributed by atoms with van der Waals surface area (Å²) in [4.78, 5) is 42.6. The summed E-state index contributed by atoms with van der Waals surface area (Å²) < 4.78 is 5.92. The number of urea groups is 1. The normalized spacial score (nSPS) is 19.2. The van der Waals surface area contributed by atoms with Crippen molar-refractivity contribution in [3.63, 3.8) is 0 Å². The molecule has 1 aromatic heterocycles. The number of nitrogens with zero attached hydrogens (tertiary/aromatic N) is 2. The van der Waals surface area contributed by atoms with Crippen LogP contribution in [-0.4, -0.2) is 46.4 Å². The Hall–Kier alpha value is -2.64. The molecule has 1 aromatic rings. The molecule has 8 nitrogen and oxygen atoms in total. The molecule has 29 heavy (non-hydrogen) atoms. The number of rotatable bonds is 8. The third kappa shape index (κ3) is 4.68. The predicted octanol–water partition coefficient (Wildman–Crippen LogP) is 3.09. The van der Waals surface area contributed by atoms with Crippen LogP contribution >= 0.6 is 0 Å². The highest BCUT2D eigenvalue weighted by atomic mass is 16.5. The van der Waals surface area contributed by atoms with Crippen LogP contribution in [0, 0.1) is 5.92 Å². The molecule has 2 fully saturated rings. The smallest absolute Gasteiger partial charge is 0.325 e. The van der Waals surface area contributed by atoms with E-state index in [2.05, 4.69) is 15.6 Å². The van der Waals surface area contributed by atoms with Gasteiger partial charge in [0.25, 0.3) is 5.91 Å². The fraction of sp³-hybridized carbons (Fsp3) is 0.619. The average molecular weight is 402 g/mol. The van der Waals surface area contributed by atoms with E-state index < -0.39 is 17.5 Å². The first-order chi connectivity index (χ1) is 14.0. The molecule has 2 N–H and O–H groups in total. The lowest BCUT2D eigenvalue weighted by atomic mass is 9.90. The third-order valence-corrected chi connectivity index (χ3v) is 5.98. The molecule has 0 radical (unpaired) electrons. The summed E-state index contributed by atoms with van der Waals surface area (Å²) in [6, 6.07) is 2.97. The maximum Gasteiger partial charge on any atom is 0.325 e. The Kier molecular flexibility index (Phi) is 6.71. The van der Waals surface area contributed by atoms with E-state index in [4.69, 9.17) is 4.74 Å². The minimum absolute atomic E-state index is 0.303. The highest BCUT2D eigenvalue weighted by Gasteiger charge is 2.49. The number of ether oxygens (including phenoxy) is 1. The van der Waals surface area contributed by atoms with Gasteiger partial charge in [-0.1, -0.05) is 33.1 Å². The molecule has 0 spiro atoms. The highest BCUT2D eigenvalue weighted by Crippen LogP contribution is 2.28. The SMILES string of the molecule is CCC1(CC)NC(=O)N(CC(=O)Nc2ncccc2OCC2CCCCC2)C1=O. The van der Waals surface area contributed by atoms with E-state index >= 15 is 0 Å². The first-order valence-electron chi connectivity index (χ1n) is 10.5. The van der Waals surface area contributed by atoms with Crippen molar-refractivity contribution in [3.05, 3.63) is 18.3 Å². The van der Waals surface area contributed by atoms with Gasteiger partial charge in [-0.2, -0.15) is 0 Å². The van der Waals surface area contributed by atoms with Gasteiger partial charge in [0.05, 0.1) is 6.61 Å². The fourth-order valence-electron chi connectivity index (χ4n) is 4.03. The van der Waals surface area contributed by atoms with Gasteiger partial charge in [0.2, 0.25) is 5.91 Å². The number of hydrogen-bond donors (Lipinski definition) is 2. The van der Waals surface area contributed by atoms with Crippen LogP contribution in [0.15, 0.2) is 18.3 Å². The molecule has 4 amide bonds. The third-order valence-electron chi connectivity index (χ3n) is 5.98. The number of aromatic nitrogens is 1. The maximum atomic E-state index is 12.7. The summed E-state index contributed by atoms with van der Waals surface area (Å²) in [7, 11) is 0. The molecule has 0 unspecified atom stereocenters. The zero-order chi connectivity index (χ0) is 20.9. The minimum atomic E-state index is -0.920. The molecule has 1 aliphatic heterocycles. The van der Waals surface area contributed by atoms with E-state index in [0.29, 0.717) is 36.9 Å². The van der Waals surface area contributed by atoms with Crippen LogP contribution in [0.25, 0.3) is 0 Å². The zero-order valence-electron chi connectivity index (χ0n) is 17.2. The molecule has 0 bridgehead atoms. The molecule has 1 saturated carbocycles.